The molecule has 8 nitrogen and oxygen atoms in total. The van der Waals surface area contributed by atoms with Gasteiger partial charge in [0.1, 0.15) is 17.3 Å². The number of alkyl halides is 3. The summed E-state index contributed by atoms with van der Waals surface area (Å²) in [5.74, 6) is -0.418. The standard InChI is InChI=1S/C30H30ClF4N5O3/c1-19-27(38-14-12-37(13-15-38)16-21-10-11-26(31)43-21)28(41)40(18-25(36)20-6-3-2-4-7-20)29(42)39(19)17-22-23(30(33,34)35)8-5-9-24(22)32/h2-11,25H,12-18,36H2,1H3/t25-/m1/s1. The van der Waals surface area contributed by atoms with Gasteiger partial charge in [0.15, 0.2) is 5.22 Å². The van der Waals surface area contributed by atoms with Crippen LogP contribution in [0.4, 0.5) is 23.2 Å². The van der Waals surface area contributed by atoms with E-state index >= 15 is 0 Å². The zero-order valence-corrected chi connectivity index (χ0v) is 24.0. The summed E-state index contributed by atoms with van der Waals surface area (Å²) in [5.41, 5.74) is 3.98. The molecular weight excluding hydrogens is 590 g/mol. The Morgan fingerprint density at radius 2 is 1.63 bits per heavy atom. The maximum absolute atomic E-state index is 14.9. The number of anilines is 1. The van der Waals surface area contributed by atoms with Crippen molar-refractivity contribution in [1.29, 1.82) is 0 Å². The Morgan fingerprint density at radius 3 is 2.26 bits per heavy atom. The van der Waals surface area contributed by atoms with Gasteiger partial charge in [0.05, 0.1) is 25.2 Å². The van der Waals surface area contributed by atoms with E-state index in [0.29, 0.717) is 44.0 Å². The minimum atomic E-state index is -4.85. The third kappa shape index (κ3) is 6.56. The molecule has 0 aliphatic carbocycles. The van der Waals surface area contributed by atoms with E-state index in [4.69, 9.17) is 21.8 Å². The van der Waals surface area contributed by atoms with Gasteiger partial charge in [0.25, 0.3) is 5.56 Å². The fourth-order valence-corrected chi connectivity index (χ4v) is 5.59. The Bertz CT molecular complexity index is 1710. The predicted octanol–water partition coefficient (Wildman–Crippen LogP) is 4.79. The second kappa shape index (κ2) is 12.4. The highest BCUT2D eigenvalue weighted by molar-refractivity contribution is 6.28. The molecule has 0 radical (unpaired) electrons. The number of halogens is 5. The summed E-state index contributed by atoms with van der Waals surface area (Å²) in [6.07, 6.45) is -4.85. The number of hydrogen-bond donors (Lipinski definition) is 1. The summed E-state index contributed by atoms with van der Waals surface area (Å²) in [6, 6.07) is 14.2. The van der Waals surface area contributed by atoms with Crippen molar-refractivity contribution >= 4 is 17.3 Å². The van der Waals surface area contributed by atoms with Gasteiger partial charge in [-0.25, -0.2) is 9.18 Å². The van der Waals surface area contributed by atoms with Crippen LogP contribution in [-0.4, -0.2) is 40.2 Å². The first-order valence-electron chi connectivity index (χ1n) is 13.6. The first-order valence-corrected chi connectivity index (χ1v) is 14.0. The van der Waals surface area contributed by atoms with Crippen LogP contribution in [0.25, 0.3) is 0 Å². The quantitative estimate of drug-likeness (QED) is 0.285. The van der Waals surface area contributed by atoms with E-state index in [-0.39, 0.29) is 23.1 Å². The molecule has 1 aliphatic rings. The van der Waals surface area contributed by atoms with E-state index in [1.807, 2.05) is 0 Å². The second-order valence-corrected chi connectivity index (χ2v) is 10.8. The maximum atomic E-state index is 14.9. The van der Waals surface area contributed by atoms with E-state index in [9.17, 15) is 27.2 Å². The minimum Gasteiger partial charge on any atom is -0.448 e. The molecule has 0 bridgehead atoms. The molecule has 2 N–H and O–H groups in total. The highest BCUT2D eigenvalue weighted by Crippen LogP contribution is 2.33. The second-order valence-electron chi connectivity index (χ2n) is 10.5. The number of benzene rings is 2. The average molecular weight is 620 g/mol. The summed E-state index contributed by atoms with van der Waals surface area (Å²) >= 11 is 5.88. The number of nitrogens with zero attached hydrogens (tertiary/aromatic N) is 4. The van der Waals surface area contributed by atoms with Crippen LogP contribution in [0.2, 0.25) is 5.22 Å². The smallest absolute Gasteiger partial charge is 0.416 e. The summed E-state index contributed by atoms with van der Waals surface area (Å²) < 4.78 is 63.8. The van der Waals surface area contributed by atoms with E-state index in [0.717, 1.165) is 27.3 Å². The summed E-state index contributed by atoms with van der Waals surface area (Å²) in [7, 11) is 0. The molecule has 5 rings (SSSR count). The summed E-state index contributed by atoms with van der Waals surface area (Å²) in [6.45, 7) is 2.89. The highest BCUT2D eigenvalue weighted by Gasteiger charge is 2.35. The van der Waals surface area contributed by atoms with E-state index in [1.54, 1.807) is 47.4 Å². The van der Waals surface area contributed by atoms with Crippen molar-refractivity contribution in [3.8, 4) is 0 Å². The Balaban J connectivity index is 1.55. The van der Waals surface area contributed by atoms with Crippen molar-refractivity contribution in [3.05, 3.63) is 121 Å². The Morgan fingerprint density at radius 1 is 0.930 bits per heavy atom. The van der Waals surface area contributed by atoms with Crippen molar-refractivity contribution in [2.24, 2.45) is 5.73 Å². The Hall–Kier alpha value is -3.87. The molecule has 0 amide bonds. The lowest BCUT2D eigenvalue weighted by atomic mass is 10.1. The van der Waals surface area contributed by atoms with Crippen LogP contribution in [0.5, 0.6) is 0 Å². The average Bonchev–Trinajstić information content (AvgIpc) is 3.39. The van der Waals surface area contributed by atoms with Crippen molar-refractivity contribution in [3.63, 3.8) is 0 Å². The zero-order valence-electron chi connectivity index (χ0n) is 23.3. The molecule has 2 aromatic heterocycles. The number of furan rings is 1. The molecule has 4 aromatic rings. The molecule has 0 spiro atoms. The SMILES string of the molecule is Cc1c(N2CCN(Cc3ccc(Cl)o3)CC2)c(=O)n(C[C@@H](N)c2ccccc2)c(=O)n1Cc1c(F)cccc1C(F)(F)F. The van der Waals surface area contributed by atoms with Gasteiger partial charge in [0, 0.05) is 43.5 Å². The van der Waals surface area contributed by atoms with Gasteiger partial charge in [-0.2, -0.15) is 13.2 Å². The molecule has 0 saturated carbocycles. The maximum Gasteiger partial charge on any atom is 0.416 e. The molecule has 1 atom stereocenters. The fraction of sp³-hybridized carbons (Fsp3) is 0.333. The molecule has 228 valence electrons. The van der Waals surface area contributed by atoms with Gasteiger partial charge in [-0.1, -0.05) is 36.4 Å². The lowest BCUT2D eigenvalue weighted by Gasteiger charge is -2.36. The van der Waals surface area contributed by atoms with Crippen LogP contribution in [0.3, 0.4) is 0 Å². The molecule has 13 heteroatoms. The van der Waals surface area contributed by atoms with Crippen LogP contribution in [0.1, 0.15) is 34.2 Å². The lowest BCUT2D eigenvalue weighted by molar-refractivity contribution is -0.138. The van der Waals surface area contributed by atoms with Crippen molar-refractivity contribution in [2.75, 3.05) is 31.1 Å². The molecular formula is C30H30ClF4N5O3. The number of nitrogens with two attached hydrogens (primary N) is 1. The van der Waals surface area contributed by atoms with Crippen molar-refractivity contribution < 1.29 is 22.0 Å². The first-order chi connectivity index (χ1) is 20.4. The fourth-order valence-electron chi connectivity index (χ4n) is 5.43. The third-order valence-electron chi connectivity index (χ3n) is 7.70. The van der Waals surface area contributed by atoms with Crippen LogP contribution in [0, 0.1) is 12.7 Å². The molecule has 1 fully saturated rings. The van der Waals surface area contributed by atoms with Crippen LogP contribution in [-0.2, 0) is 25.8 Å². The number of hydrogen-bond acceptors (Lipinski definition) is 6. The number of piperazine rings is 1. The summed E-state index contributed by atoms with van der Waals surface area (Å²) in [4.78, 5) is 31.6. The summed E-state index contributed by atoms with van der Waals surface area (Å²) in [5, 5.41) is 0.282. The van der Waals surface area contributed by atoms with Gasteiger partial charge < -0.3 is 15.1 Å². The van der Waals surface area contributed by atoms with Crippen LogP contribution >= 0.6 is 11.6 Å². The van der Waals surface area contributed by atoms with E-state index in [1.165, 1.54) is 6.92 Å². The van der Waals surface area contributed by atoms with Gasteiger partial charge >= 0.3 is 11.9 Å². The van der Waals surface area contributed by atoms with Crippen LogP contribution < -0.4 is 21.9 Å². The number of rotatable bonds is 8. The third-order valence-corrected chi connectivity index (χ3v) is 7.90. The van der Waals surface area contributed by atoms with E-state index < -0.39 is 47.0 Å². The monoisotopic (exact) mass is 619 g/mol. The lowest BCUT2D eigenvalue weighted by Crippen LogP contribution is -2.51. The Labute approximate surface area is 249 Å². The Kier molecular flexibility index (Phi) is 8.81. The molecule has 1 aliphatic heterocycles. The topological polar surface area (TPSA) is 89.6 Å². The molecule has 3 heterocycles. The minimum absolute atomic E-state index is 0.141. The zero-order chi connectivity index (χ0) is 30.9. The predicted molar refractivity (Wildman–Crippen MR) is 155 cm³/mol. The van der Waals surface area contributed by atoms with Gasteiger partial charge in [0.2, 0.25) is 0 Å². The first kappa shape index (κ1) is 30.6. The van der Waals surface area contributed by atoms with Crippen molar-refractivity contribution in [2.45, 2.75) is 38.8 Å². The molecule has 0 unspecified atom stereocenters. The van der Waals surface area contributed by atoms with Gasteiger partial charge in [-0.3, -0.25) is 18.8 Å². The van der Waals surface area contributed by atoms with Crippen LogP contribution in [0.15, 0.2) is 74.7 Å². The normalized spacial score (nSPS) is 15.2. The molecule has 43 heavy (non-hydrogen) atoms. The highest BCUT2D eigenvalue weighted by atomic mass is 35.5. The largest absolute Gasteiger partial charge is 0.448 e. The molecule has 1 saturated heterocycles. The van der Waals surface area contributed by atoms with Gasteiger partial charge in [-0.15, -0.1) is 0 Å². The van der Waals surface area contributed by atoms with Crippen molar-refractivity contribution in [1.82, 2.24) is 14.0 Å². The number of aromatic nitrogens is 2. The van der Waals surface area contributed by atoms with E-state index in [2.05, 4.69) is 4.90 Å². The van der Waals surface area contributed by atoms with Gasteiger partial charge in [-0.05, 0) is 48.4 Å². The molecule has 2 aromatic carbocycles.